The Morgan fingerprint density at radius 3 is 2.67 bits per heavy atom. The van der Waals surface area contributed by atoms with Crippen LogP contribution in [0.3, 0.4) is 0 Å². The number of esters is 1. The number of unbranched alkanes of at least 4 members (excludes halogenated alkanes) is 1. The zero-order valence-corrected chi connectivity index (χ0v) is 23.8. The lowest BCUT2D eigenvalue weighted by molar-refractivity contribution is -0.151. The van der Waals surface area contributed by atoms with Crippen LogP contribution >= 0.6 is 11.8 Å². The third-order valence-electron chi connectivity index (χ3n) is 7.37. The van der Waals surface area contributed by atoms with Crippen molar-refractivity contribution in [2.45, 2.75) is 57.7 Å². The van der Waals surface area contributed by atoms with Gasteiger partial charge in [0, 0.05) is 36.2 Å². The molecule has 8 nitrogen and oxygen atoms in total. The Hall–Kier alpha value is -3.53. The summed E-state index contributed by atoms with van der Waals surface area (Å²) in [7, 11) is 0. The Bertz CT molecular complexity index is 1520. The highest BCUT2D eigenvalue weighted by Crippen LogP contribution is 2.29. The summed E-state index contributed by atoms with van der Waals surface area (Å²) in [5.74, 6) is 0.404. The molecule has 1 aliphatic heterocycles. The molecule has 0 unspecified atom stereocenters. The van der Waals surface area contributed by atoms with Crippen molar-refractivity contribution in [2.24, 2.45) is 5.92 Å². The first kappa shape index (κ1) is 28.0. The molecule has 210 valence electrons. The monoisotopic (exact) mass is 563 g/mol. The van der Waals surface area contributed by atoms with E-state index in [1.165, 1.54) is 17.8 Å². The summed E-state index contributed by atoms with van der Waals surface area (Å²) >= 11 is 1.51. The van der Waals surface area contributed by atoms with E-state index in [9.17, 15) is 14.0 Å². The number of piperidine rings is 1. The number of likely N-dealkylation sites (tertiary alicyclic amines) is 1. The van der Waals surface area contributed by atoms with Gasteiger partial charge in [-0.2, -0.15) is 0 Å². The fourth-order valence-electron chi connectivity index (χ4n) is 5.20. The lowest BCUT2D eigenvalue weighted by atomic mass is 9.96. The first-order chi connectivity index (χ1) is 19.4. The Morgan fingerprint density at radius 1 is 1.10 bits per heavy atom. The van der Waals surface area contributed by atoms with E-state index < -0.39 is 0 Å². The average molecular weight is 564 g/mol. The maximum atomic E-state index is 14.5. The Kier molecular flexibility index (Phi) is 8.94. The number of aromatic nitrogens is 4. The first-order valence-corrected chi connectivity index (χ1v) is 14.9. The Balaban J connectivity index is 1.19. The number of aryl methyl sites for hydroxylation is 1. The summed E-state index contributed by atoms with van der Waals surface area (Å²) in [5, 5.41) is 10.4. The van der Waals surface area contributed by atoms with Crippen molar-refractivity contribution in [1.29, 1.82) is 0 Å². The minimum atomic E-state index is -0.251. The lowest BCUT2D eigenvalue weighted by Gasteiger charge is -2.31. The predicted molar refractivity (Wildman–Crippen MR) is 154 cm³/mol. The minimum Gasteiger partial charge on any atom is -0.466 e. The molecule has 2 aromatic heterocycles. The number of halogens is 1. The highest BCUT2D eigenvalue weighted by molar-refractivity contribution is 7.99. The third kappa shape index (κ3) is 6.27. The number of carbonyl (C=O) groups is 2. The number of hydrogen-bond acceptors (Lipinski definition) is 7. The van der Waals surface area contributed by atoms with Gasteiger partial charge in [0.25, 0.3) is 0 Å². The van der Waals surface area contributed by atoms with E-state index in [1.54, 1.807) is 12.1 Å². The van der Waals surface area contributed by atoms with Crippen LogP contribution in [0.2, 0.25) is 0 Å². The molecule has 0 aliphatic carbocycles. The van der Waals surface area contributed by atoms with Gasteiger partial charge in [0.15, 0.2) is 5.65 Å². The van der Waals surface area contributed by atoms with E-state index in [1.807, 2.05) is 41.5 Å². The van der Waals surface area contributed by atoms with Crippen molar-refractivity contribution >= 4 is 45.7 Å². The summed E-state index contributed by atoms with van der Waals surface area (Å²) in [4.78, 5) is 31.2. The highest BCUT2D eigenvalue weighted by atomic mass is 32.2. The quantitative estimate of drug-likeness (QED) is 0.142. The van der Waals surface area contributed by atoms with Gasteiger partial charge in [0.05, 0.1) is 24.6 Å². The number of nitrogens with zero attached hydrogens (tertiary/aromatic N) is 5. The van der Waals surface area contributed by atoms with E-state index in [2.05, 4.69) is 16.3 Å². The van der Waals surface area contributed by atoms with Gasteiger partial charge in [-0.1, -0.05) is 41.6 Å². The smallest absolute Gasteiger partial charge is 0.309 e. The zero-order chi connectivity index (χ0) is 28.1. The number of rotatable bonds is 10. The predicted octanol–water partition coefficient (Wildman–Crippen LogP) is 5.54. The number of thioether (sulfide) groups is 1. The molecule has 40 heavy (non-hydrogen) atoms. The molecule has 4 aromatic rings. The van der Waals surface area contributed by atoms with Gasteiger partial charge in [-0.25, -0.2) is 9.37 Å². The fourth-order valence-corrected chi connectivity index (χ4v) is 5.98. The molecule has 0 radical (unpaired) electrons. The van der Waals surface area contributed by atoms with Gasteiger partial charge in [-0.3, -0.25) is 9.59 Å². The van der Waals surface area contributed by atoms with Crippen LogP contribution in [0, 0.1) is 18.7 Å². The molecule has 0 saturated carbocycles. The molecule has 1 amide bonds. The van der Waals surface area contributed by atoms with Crippen molar-refractivity contribution in [2.75, 3.05) is 25.4 Å². The van der Waals surface area contributed by atoms with Gasteiger partial charge < -0.3 is 14.2 Å². The molecular weight excluding hydrogens is 529 g/mol. The molecule has 1 saturated heterocycles. The molecule has 1 fully saturated rings. The second-order valence-electron chi connectivity index (χ2n) is 10.2. The summed E-state index contributed by atoms with van der Waals surface area (Å²) < 4.78 is 21.6. The molecule has 0 N–H and O–H groups in total. The molecule has 0 bridgehead atoms. The highest BCUT2D eigenvalue weighted by Gasteiger charge is 2.27. The second-order valence-corrected chi connectivity index (χ2v) is 11.2. The summed E-state index contributed by atoms with van der Waals surface area (Å²) in [6.45, 7) is 5.79. The van der Waals surface area contributed by atoms with Gasteiger partial charge in [0.2, 0.25) is 11.1 Å². The summed E-state index contributed by atoms with van der Waals surface area (Å²) in [6, 6.07) is 12.9. The van der Waals surface area contributed by atoms with E-state index in [0.717, 1.165) is 35.1 Å². The maximum Gasteiger partial charge on any atom is 0.309 e. The standard InChI is InChI=1S/C30H34FN5O3S/c1-3-39-29(38)21-13-15-35(16-14-21)26(37)10-6-7-17-40-30-32-28-27(33-34-30)23-18-20(2)11-12-25(23)36(28)19-22-8-4-5-9-24(22)31/h4-5,8-9,11-12,18,21H,3,6-7,10,13-17,19H2,1-2H3. The average Bonchev–Trinajstić information content (AvgIpc) is 3.26. The zero-order valence-electron chi connectivity index (χ0n) is 22.9. The van der Waals surface area contributed by atoms with Crippen LogP contribution in [0.5, 0.6) is 0 Å². The van der Waals surface area contributed by atoms with Gasteiger partial charge in [0.1, 0.15) is 11.3 Å². The van der Waals surface area contributed by atoms with Crippen molar-refractivity contribution in [3.05, 3.63) is 59.4 Å². The second kappa shape index (κ2) is 12.8. The fraction of sp³-hybridized carbons (Fsp3) is 0.433. The topological polar surface area (TPSA) is 90.2 Å². The van der Waals surface area contributed by atoms with Crippen LogP contribution in [0.4, 0.5) is 4.39 Å². The van der Waals surface area contributed by atoms with Crippen molar-refractivity contribution in [3.8, 4) is 0 Å². The first-order valence-electron chi connectivity index (χ1n) is 13.9. The van der Waals surface area contributed by atoms with Crippen LogP contribution in [-0.4, -0.2) is 62.0 Å². The number of carbonyl (C=O) groups excluding carboxylic acids is 2. The molecular formula is C30H34FN5O3S. The van der Waals surface area contributed by atoms with Gasteiger partial charge in [-0.05, 0) is 57.7 Å². The van der Waals surface area contributed by atoms with Gasteiger partial charge >= 0.3 is 5.97 Å². The van der Waals surface area contributed by atoms with E-state index in [4.69, 9.17) is 9.72 Å². The van der Waals surface area contributed by atoms with Crippen molar-refractivity contribution < 1.29 is 18.7 Å². The molecule has 5 rings (SSSR count). The van der Waals surface area contributed by atoms with Crippen LogP contribution in [0.1, 0.15) is 50.2 Å². The van der Waals surface area contributed by atoms with Gasteiger partial charge in [-0.15, -0.1) is 10.2 Å². The Morgan fingerprint density at radius 2 is 1.90 bits per heavy atom. The van der Waals surface area contributed by atoms with Crippen molar-refractivity contribution in [3.63, 3.8) is 0 Å². The molecule has 1 aliphatic rings. The van der Waals surface area contributed by atoms with Crippen LogP contribution in [-0.2, 0) is 20.9 Å². The number of fused-ring (bicyclic) bond motifs is 3. The third-order valence-corrected chi connectivity index (χ3v) is 8.30. The SMILES string of the molecule is CCOC(=O)C1CCN(C(=O)CCCCSc2nnc3c4cc(C)ccc4n(Cc4ccccc4F)c3n2)CC1. The molecule has 3 heterocycles. The number of hydrogen-bond donors (Lipinski definition) is 0. The molecule has 0 spiro atoms. The number of amides is 1. The normalized spacial score (nSPS) is 14.2. The van der Waals surface area contributed by atoms with E-state index in [0.29, 0.717) is 67.4 Å². The van der Waals surface area contributed by atoms with Crippen molar-refractivity contribution in [1.82, 2.24) is 24.6 Å². The minimum absolute atomic E-state index is 0.0965. The Labute approximate surface area is 237 Å². The largest absolute Gasteiger partial charge is 0.466 e. The van der Waals surface area contributed by atoms with Crippen LogP contribution in [0.25, 0.3) is 22.1 Å². The molecule has 10 heteroatoms. The van der Waals surface area contributed by atoms with E-state index in [-0.39, 0.29) is 23.6 Å². The maximum absolute atomic E-state index is 14.5. The summed E-state index contributed by atoms with van der Waals surface area (Å²) in [5.41, 5.74) is 4.03. The van der Waals surface area contributed by atoms with Crippen LogP contribution in [0.15, 0.2) is 47.6 Å². The van der Waals surface area contributed by atoms with Crippen LogP contribution < -0.4 is 0 Å². The lowest BCUT2D eigenvalue weighted by Crippen LogP contribution is -2.40. The number of benzene rings is 2. The van der Waals surface area contributed by atoms with E-state index >= 15 is 0 Å². The number of ether oxygens (including phenoxy) is 1. The molecule has 2 aromatic carbocycles. The molecule has 0 atom stereocenters. The summed E-state index contributed by atoms with van der Waals surface area (Å²) in [6.07, 6.45) is 3.43.